The van der Waals surface area contributed by atoms with Crippen molar-refractivity contribution in [3.05, 3.63) is 24.0 Å². The number of nitrogens with zero attached hydrogens (tertiary/aromatic N) is 1. The van der Waals surface area contributed by atoms with Crippen molar-refractivity contribution in [2.75, 3.05) is 18.5 Å². The van der Waals surface area contributed by atoms with E-state index in [2.05, 4.69) is 29.1 Å². The second kappa shape index (κ2) is 6.04. The summed E-state index contributed by atoms with van der Waals surface area (Å²) in [5.74, 6) is 1.57. The van der Waals surface area contributed by atoms with Crippen molar-refractivity contribution in [3.63, 3.8) is 0 Å². The number of aromatic nitrogens is 2. The average Bonchev–Trinajstić information content (AvgIpc) is 2.76. The first-order valence-electron chi connectivity index (χ1n) is 6.60. The van der Waals surface area contributed by atoms with Crippen LogP contribution in [0.1, 0.15) is 19.7 Å². The lowest BCUT2D eigenvalue weighted by Crippen LogP contribution is -2.22. The fraction of sp³-hybridized carbons (Fsp3) is 0.500. The quantitative estimate of drug-likeness (QED) is 0.637. The zero-order valence-electron chi connectivity index (χ0n) is 11.3. The molecule has 0 saturated carbocycles. The summed E-state index contributed by atoms with van der Waals surface area (Å²) in [6.45, 7) is 4.42. The monoisotopic (exact) mass is 263 g/mol. The average molecular weight is 263 g/mol. The number of hydrogen-bond donors (Lipinski definition) is 4. The number of imidazole rings is 1. The molecule has 0 saturated heterocycles. The largest absolute Gasteiger partial charge is 0.394 e. The van der Waals surface area contributed by atoms with E-state index in [1.807, 2.05) is 18.2 Å². The third-order valence-corrected chi connectivity index (χ3v) is 2.89. The van der Waals surface area contributed by atoms with Gasteiger partial charge in [-0.05, 0) is 24.1 Å². The summed E-state index contributed by atoms with van der Waals surface area (Å²) in [6, 6.07) is 5.84. The van der Waals surface area contributed by atoms with E-state index in [4.69, 9.17) is 5.11 Å². The molecule has 0 bridgehead atoms. The predicted molar refractivity (Wildman–Crippen MR) is 76.2 cm³/mol. The van der Waals surface area contributed by atoms with Crippen LogP contribution in [0.3, 0.4) is 0 Å². The van der Waals surface area contributed by atoms with Crippen LogP contribution in [0.25, 0.3) is 11.0 Å². The van der Waals surface area contributed by atoms with Crippen LogP contribution in [-0.2, 0) is 6.42 Å². The number of rotatable bonds is 6. The highest BCUT2D eigenvalue weighted by Crippen LogP contribution is 2.18. The van der Waals surface area contributed by atoms with Crippen LogP contribution in [0.5, 0.6) is 0 Å². The Balaban J connectivity index is 2.11. The highest BCUT2D eigenvalue weighted by atomic mass is 16.3. The molecule has 0 radical (unpaired) electrons. The van der Waals surface area contributed by atoms with E-state index in [0.717, 1.165) is 29.0 Å². The standard InChI is InChI=1S/C14H21N3O2/c1-9(2)5-14-16-12-4-3-10(6-13(12)17-14)15-7-11(19)8-18/h3-4,6,9,11,15,18-19H,5,7-8H2,1-2H3,(H,16,17). The van der Waals surface area contributed by atoms with E-state index in [0.29, 0.717) is 12.5 Å². The fourth-order valence-electron chi connectivity index (χ4n) is 1.96. The lowest BCUT2D eigenvalue weighted by Gasteiger charge is -2.09. The molecule has 1 aromatic heterocycles. The van der Waals surface area contributed by atoms with E-state index in [1.165, 1.54) is 0 Å². The summed E-state index contributed by atoms with van der Waals surface area (Å²) in [5.41, 5.74) is 2.84. The first-order chi connectivity index (χ1) is 9.08. The lowest BCUT2D eigenvalue weighted by atomic mass is 10.1. The van der Waals surface area contributed by atoms with E-state index in [-0.39, 0.29) is 6.61 Å². The Morgan fingerprint density at radius 2 is 2.16 bits per heavy atom. The fourth-order valence-corrected chi connectivity index (χ4v) is 1.96. The Morgan fingerprint density at radius 1 is 1.37 bits per heavy atom. The van der Waals surface area contributed by atoms with Crippen molar-refractivity contribution in [1.29, 1.82) is 0 Å². The van der Waals surface area contributed by atoms with Crippen molar-refractivity contribution in [2.24, 2.45) is 5.92 Å². The first-order valence-corrected chi connectivity index (χ1v) is 6.60. The molecule has 5 heteroatoms. The maximum absolute atomic E-state index is 9.30. The van der Waals surface area contributed by atoms with Crippen LogP contribution in [-0.4, -0.2) is 39.4 Å². The third-order valence-electron chi connectivity index (χ3n) is 2.89. The lowest BCUT2D eigenvalue weighted by molar-refractivity contribution is 0.105. The molecule has 4 N–H and O–H groups in total. The SMILES string of the molecule is CC(C)Cc1nc2ccc(NCC(O)CO)cc2[nH]1. The van der Waals surface area contributed by atoms with E-state index in [1.54, 1.807) is 0 Å². The molecule has 0 aliphatic heterocycles. The summed E-state index contributed by atoms with van der Waals surface area (Å²) in [6.07, 6.45) is 0.190. The van der Waals surface area contributed by atoms with Gasteiger partial charge in [0.15, 0.2) is 0 Å². The molecule has 0 aliphatic rings. The van der Waals surface area contributed by atoms with E-state index >= 15 is 0 Å². The summed E-state index contributed by atoms with van der Waals surface area (Å²) < 4.78 is 0. The molecule has 2 aromatic rings. The number of anilines is 1. The molecule has 0 amide bonds. The Bertz CT molecular complexity index is 536. The van der Waals surface area contributed by atoms with E-state index < -0.39 is 6.10 Å². The molecule has 2 rings (SSSR count). The van der Waals surface area contributed by atoms with Crippen molar-refractivity contribution < 1.29 is 10.2 Å². The topological polar surface area (TPSA) is 81.2 Å². The molecule has 5 nitrogen and oxygen atoms in total. The molecular formula is C14H21N3O2. The van der Waals surface area contributed by atoms with Crippen LogP contribution >= 0.6 is 0 Å². The molecule has 104 valence electrons. The molecule has 1 aromatic carbocycles. The maximum atomic E-state index is 9.30. The first kappa shape index (κ1) is 13.8. The summed E-state index contributed by atoms with van der Waals surface area (Å²) >= 11 is 0. The minimum atomic E-state index is -0.742. The molecular weight excluding hydrogens is 242 g/mol. The number of aliphatic hydroxyl groups is 2. The maximum Gasteiger partial charge on any atom is 0.107 e. The van der Waals surface area contributed by atoms with Crippen molar-refractivity contribution in [3.8, 4) is 0 Å². The van der Waals surface area contributed by atoms with Gasteiger partial charge in [0, 0.05) is 18.7 Å². The Hall–Kier alpha value is -1.59. The summed E-state index contributed by atoms with van der Waals surface area (Å²) in [4.78, 5) is 7.84. The second-order valence-electron chi connectivity index (χ2n) is 5.23. The van der Waals surface area contributed by atoms with Gasteiger partial charge in [-0.15, -0.1) is 0 Å². The molecule has 19 heavy (non-hydrogen) atoms. The molecule has 1 heterocycles. The highest BCUT2D eigenvalue weighted by Gasteiger charge is 2.06. The van der Waals surface area contributed by atoms with Crippen LogP contribution in [0.2, 0.25) is 0 Å². The van der Waals surface area contributed by atoms with Gasteiger partial charge in [0.1, 0.15) is 5.82 Å². The molecule has 0 aliphatic carbocycles. The van der Waals surface area contributed by atoms with Crippen molar-refractivity contribution >= 4 is 16.7 Å². The molecule has 0 spiro atoms. The van der Waals surface area contributed by atoms with Crippen LogP contribution in [0.15, 0.2) is 18.2 Å². The minimum Gasteiger partial charge on any atom is -0.394 e. The number of benzene rings is 1. The molecule has 0 fully saturated rings. The molecule has 1 atom stereocenters. The smallest absolute Gasteiger partial charge is 0.107 e. The normalized spacial score (nSPS) is 13.1. The third kappa shape index (κ3) is 3.68. The predicted octanol–water partition coefficient (Wildman–Crippen LogP) is 1.53. The van der Waals surface area contributed by atoms with E-state index in [9.17, 15) is 5.11 Å². The van der Waals surface area contributed by atoms with Crippen LogP contribution in [0.4, 0.5) is 5.69 Å². The Labute approximate surface area is 112 Å². The number of aromatic amines is 1. The van der Waals surface area contributed by atoms with Gasteiger partial charge >= 0.3 is 0 Å². The number of nitrogens with one attached hydrogen (secondary N) is 2. The summed E-state index contributed by atoms with van der Waals surface area (Å²) in [5, 5.41) is 21.1. The number of H-pyrrole nitrogens is 1. The molecule has 1 unspecified atom stereocenters. The zero-order valence-corrected chi connectivity index (χ0v) is 11.3. The minimum absolute atomic E-state index is 0.238. The summed E-state index contributed by atoms with van der Waals surface area (Å²) in [7, 11) is 0. The van der Waals surface area contributed by atoms with Gasteiger partial charge in [-0.3, -0.25) is 0 Å². The Kier molecular flexibility index (Phi) is 4.39. The van der Waals surface area contributed by atoms with Gasteiger partial charge in [-0.2, -0.15) is 0 Å². The van der Waals surface area contributed by atoms with Gasteiger partial charge in [0.2, 0.25) is 0 Å². The van der Waals surface area contributed by atoms with Gasteiger partial charge in [0.25, 0.3) is 0 Å². The van der Waals surface area contributed by atoms with Gasteiger partial charge in [0.05, 0.1) is 23.7 Å². The number of hydrogen-bond acceptors (Lipinski definition) is 4. The van der Waals surface area contributed by atoms with Crippen molar-refractivity contribution in [1.82, 2.24) is 9.97 Å². The highest BCUT2D eigenvalue weighted by molar-refractivity contribution is 5.79. The van der Waals surface area contributed by atoms with Gasteiger partial charge in [-0.25, -0.2) is 4.98 Å². The van der Waals surface area contributed by atoms with Crippen LogP contribution in [0, 0.1) is 5.92 Å². The zero-order chi connectivity index (χ0) is 13.8. The number of aliphatic hydroxyl groups excluding tert-OH is 2. The second-order valence-corrected chi connectivity index (χ2v) is 5.23. The van der Waals surface area contributed by atoms with Crippen molar-refractivity contribution in [2.45, 2.75) is 26.4 Å². The number of fused-ring (bicyclic) bond motifs is 1. The van der Waals surface area contributed by atoms with Gasteiger partial charge in [-0.1, -0.05) is 13.8 Å². The van der Waals surface area contributed by atoms with Gasteiger partial charge < -0.3 is 20.5 Å². The van der Waals surface area contributed by atoms with Crippen LogP contribution < -0.4 is 5.32 Å². The Morgan fingerprint density at radius 3 is 2.84 bits per heavy atom.